The summed E-state index contributed by atoms with van der Waals surface area (Å²) in [4.78, 5) is 29.2. The van der Waals surface area contributed by atoms with Gasteiger partial charge in [-0.25, -0.2) is 8.78 Å². The third-order valence-electron chi connectivity index (χ3n) is 6.14. The van der Waals surface area contributed by atoms with Gasteiger partial charge in [0.2, 0.25) is 5.91 Å². The van der Waals surface area contributed by atoms with Gasteiger partial charge in [-0.15, -0.1) is 0 Å². The van der Waals surface area contributed by atoms with Gasteiger partial charge in [-0.05, 0) is 56.2 Å². The molecule has 0 saturated carbocycles. The molecule has 0 radical (unpaired) electrons. The van der Waals surface area contributed by atoms with Crippen LogP contribution in [-0.4, -0.2) is 54.6 Å². The average molecular weight is 428 g/mol. The van der Waals surface area contributed by atoms with Crippen molar-refractivity contribution in [1.82, 2.24) is 15.5 Å². The maximum atomic E-state index is 13.7. The molecular weight excluding hydrogens is 402 g/mol. The molecule has 0 aliphatic carbocycles. The first kappa shape index (κ1) is 21.2. The van der Waals surface area contributed by atoms with Crippen LogP contribution in [0.1, 0.15) is 30.1 Å². The first-order valence-electron chi connectivity index (χ1n) is 10.5. The molecule has 164 valence electrons. The van der Waals surface area contributed by atoms with E-state index < -0.39 is 11.4 Å². The number of benzene rings is 2. The number of halogens is 2. The van der Waals surface area contributed by atoms with Crippen molar-refractivity contribution in [2.75, 3.05) is 31.2 Å². The Kier molecular flexibility index (Phi) is 5.91. The van der Waals surface area contributed by atoms with E-state index in [0.717, 1.165) is 0 Å². The lowest BCUT2D eigenvalue weighted by Crippen LogP contribution is -2.57. The summed E-state index contributed by atoms with van der Waals surface area (Å²) in [6, 6.07) is 11.8. The lowest BCUT2D eigenvalue weighted by atomic mass is 9.85. The summed E-state index contributed by atoms with van der Waals surface area (Å²) in [7, 11) is 0. The summed E-state index contributed by atoms with van der Waals surface area (Å²) in [6.07, 6.45) is 1.22. The van der Waals surface area contributed by atoms with E-state index in [1.165, 1.54) is 30.3 Å². The average Bonchev–Trinajstić information content (AvgIpc) is 3.05. The Morgan fingerprint density at radius 3 is 2.48 bits per heavy atom. The normalized spacial score (nSPS) is 19.3. The Morgan fingerprint density at radius 1 is 1.13 bits per heavy atom. The Balaban J connectivity index is 1.36. The van der Waals surface area contributed by atoms with Crippen LogP contribution >= 0.6 is 0 Å². The molecule has 0 bridgehead atoms. The van der Waals surface area contributed by atoms with Gasteiger partial charge in [-0.1, -0.05) is 12.1 Å². The van der Waals surface area contributed by atoms with Gasteiger partial charge in [0.1, 0.15) is 17.2 Å². The summed E-state index contributed by atoms with van der Waals surface area (Å²) in [5.74, 6) is -1.11. The van der Waals surface area contributed by atoms with Crippen molar-refractivity contribution in [3.63, 3.8) is 0 Å². The zero-order chi connectivity index (χ0) is 22.0. The molecular formula is C23H26F2N4O2. The molecule has 2 fully saturated rings. The maximum absolute atomic E-state index is 13.7. The Hall–Kier alpha value is -3.00. The Labute approximate surface area is 180 Å². The number of hydrogen-bond acceptors (Lipinski definition) is 4. The molecule has 2 aromatic rings. The molecule has 4 rings (SSSR count). The van der Waals surface area contributed by atoms with Crippen LogP contribution in [0.3, 0.4) is 0 Å². The van der Waals surface area contributed by atoms with Crippen molar-refractivity contribution in [2.24, 2.45) is 0 Å². The Morgan fingerprint density at radius 2 is 1.81 bits per heavy atom. The predicted octanol–water partition coefficient (Wildman–Crippen LogP) is 2.51. The van der Waals surface area contributed by atoms with E-state index in [4.69, 9.17) is 0 Å². The molecule has 6 nitrogen and oxygen atoms in total. The van der Waals surface area contributed by atoms with Crippen molar-refractivity contribution < 1.29 is 18.4 Å². The van der Waals surface area contributed by atoms with Gasteiger partial charge in [0.15, 0.2) is 0 Å². The molecule has 31 heavy (non-hydrogen) atoms. The fraction of sp³-hybridized carbons (Fsp3) is 0.391. The third kappa shape index (κ3) is 4.39. The minimum absolute atomic E-state index is 0.0242. The van der Waals surface area contributed by atoms with Crippen LogP contribution in [-0.2, 0) is 4.79 Å². The minimum Gasteiger partial charge on any atom is -0.348 e. The number of likely N-dealkylation sites (tertiary alicyclic amines) is 1. The van der Waals surface area contributed by atoms with E-state index in [2.05, 4.69) is 15.5 Å². The van der Waals surface area contributed by atoms with Crippen molar-refractivity contribution in [1.29, 1.82) is 0 Å². The lowest BCUT2D eigenvalue weighted by molar-refractivity contribution is -0.125. The molecule has 2 saturated heterocycles. The van der Waals surface area contributed by atoms with Gasteiger partial charge in [-0.2, -0.15) is 0 Å². The van der Waals surface area contributed by atoms with Crippen molar-refractivity contribution in [3.05, 3.63) is 65.7 Å². The second-order valence-electron chi connectivity index (χ2n) is 8.29. The van der Waals surface area contributed by atoms with Crippen LogP contribution in [0.5, 0.6) is 0 Å². The van der Waals surface area contributed by atoms with E-state index in [1.807, 2.05) is 17.9 Å². The monoisotopic (exact) mass is 428 g/mol. The molecule has 2 heterocycles. The van der Waals surface area contributed by atoms with Crippen LogP contribution in [0.15, 0.2) is 48.5 Å². The van der Waals surface area contributed by atoms with E-state index in [1.54, 1.807) is 12.1 Å². The molecule has 2 N–H and O–H groups in total. The number of piperidine rings is 1. The van der Waals surface area contributed by atoms with Crippen molar-refractivity contribution >= 4 is 17.5 Å². The summed E-state index contributed by atoms with van der Waals surface area (Å²) < 4.78 is 27.1. The molecule has 8 heteroatoms. The van der Waals surface area contributed by atoms with Crippen molar-refractivity contribution in [3.8, 4) is 0 Å². The molecule has 0 unspecified atom stereocenters. The number of amides is 2. The number of hydrogen-bond donors (Lipinski definition) is 2. The Bertz CT molecular complexity index is 976. The van der Waals surface area contributed by atoms with Gasteiger partial charge in [0.05, 0.1) is 6.67 Å². The second-order valence-corrected chi connectivity index (χ2v) is 8.29. The zero-order valence-corrected chi connectivity index (χ0v) is 17.4. The highest BCUT2D eigenvalue weighted by Crippen LogP contribution is 2.36. The van der Waals surface area contributed by atoms with E-state index >= 15 is 0 Å². The minimum atomic E-state index is -0.682. The number of carbonyl (C=O) groups is 2. The molecule has 1 atom stereocenters. The highest BCUT2D eigenvalue weighted by Gasteiger charge is 2.50. The van der Waals surface area contributed by atoms with E-state index in [0.29, 0.717) is 44.8 Å². The van der Waals surface area contributed by atoms with E-state index in [9.17, 15) is 18.4 Å². The fourth-order valence-corrected chi connectivity index (χ4v) is 4.54. The van der Waals surface area contributed by atoms with Gasteiger partial charge < -0.3 is 20.4 Å². The number of nitrogens with one attached hydrogen (secondary N) is 2. The maximum Gasteiger partial charge on any atom is 0.251 e. The SMILES string of the molecule is C[C@@H](CN1CCC2(CC1)C(=O)NCN2c1cccc(F)c1)NC(=O)c1cccc(F)c1. The topological polar surface area (TPSA) is 64.7 Å². The second kappa shape index (κ2) is 8.63. The van der Waals surface area contributed by atoms with E-state index in [-0.39, 0.29) is 29.2 Å². The number of carbonyl (C=O) groups excluding carboxylic acids is 2. The first-order valence-corrected chi connectivity index (χ1v) is 10.5. The summed E-state index contributed by atoms with van der Waals surface area (Å²) in [5.41, 5.74) is 0.304. The summed E-state index contributed by atoms with van der Waals surface area (Å²) in [6.45, 7) is 4.25. The molecule has 0 aromatic heterocycles. The number of rotatable bonds is 5. The lowest BCUT2D eigenvalue weighted by Gasteiger charge is -2.43. The molecule has 2 aliphatic rings. The first-order chi connectivity index (χ1) is 14.9. The van der Waals surface area contributed by atoms with Crippen LogP contribution in [0.25, 0.3) is 0 Å². The van der Waals surface area contributed by atoms with Crippen molar-refractivity contribution in [2.45, 2.75) is 31.3 Å². The highest BCUT2D eigenvalue weighted by atomic mass is 19.1. The van der Waals surface area contributed by atoms with Crippen LogP contribution in [0, 0.1) is 11.6 Å². The highest BCUT2D eigenvalue weighted by molar-refractivity contribution is 5.94. The third-order valence-corrected chi connectivity index (χ3v) is 6.14. The van der Waals surface area contributed by atoms with Gasteiger partial charge in [-0.3, -0.25) is 9.59 Å². The van der Waals surface area contributed by atoms with Crippen LogP contribution in [0.2, 0.25) is 0 Å². The van der Waals surface area contributed by atoms with Crippen LogP contribution in [0.4, 0.5) is 14.5 Å². The van der Waals surface area contributed by atoms with Gasteiger partial charge in [0, 0.05) is 36.9 Å². The predicted molar refractivity (Wildman–Crippen MR) is 114 cm³/mol. The largest absolute Gasteiger partial charge is 0.348 e. The molecule has 2 aliphatic heterocycles. The fourth-order valence-electron chi connectivity index (χ4n) is 4.54. The van der Waals surface area contributed by atoms with Gasteiger partial charge in [0.25, 0.3) is 5.91 Å². The van der Waals surface area contributed by atoms with Crippen LogP contribution < -0.4 is 15.5 Å². The molecule has 1 spiro atoms. The zero-order valence-electron chi connectivity index (χ0n) is 17.4. The standard InChI is InChI=1S/C23H26F2N4O2/c1-16(27-21(30)17-4-2-5-18(24)12-17)14-28-10-8-23(9-11-28)22(31)26-15-29(23)20-7-3-6-19(25)13-20/h2-7,12-13,16H,8-11,14-15H2,1H3,(H,26,31)(H,27,30)/t16-/m0/s1. The number of nitrogens with zero attached hydrogens (tertiary/aromatic N) is 2. The molecule has 2 aromatic carbocycles. The quantitative estimate of drug-likeness (QED) is 0.768. The smallest absolute Gasteiger partial charge is 0.251 e. The summed E-state index contributed by atoms with van der Waals surface area (Å²) >= 11 is 0. The number of anilines is 1. The molecule has 2 amide bonds. The van der Waals surface area contributed by atoms with Gasteiger partial charge >= 0.3 is 0 Å². The summed E-state index contributed by atoms with van der Waals surface area (Å²) in [5, 5.41) is 5.81.